The first-order valence-corrected chi connectivity index (χ1v) is 14.7. The van der Waals surface area contributed by atoms with Gasteiger partial charge in [0.05, 0.1) is 20.6 Å². The van der Waals surface area contributed by atoms with Gasteiger partial charge in [0.25, 0.3) is 10.0 Å². The Morgan fingerprint density at radius 1 is 0.897 bits per heavy atom. The summed E-state index contributed by atoms with van der Waals surface area (Å²) < 4.78 is 28.7. The van der Waals surface area contributed by atoms with Gasteiger partial charge in [-0.3, -0.25) is 13.9 Å². The van der Waals surface area contributed by atoms with Crippen molar-refractivity contribution >= 4 is 50.7 Å². The molecular formula is C29H33Cl2N3O4S. The lowest BCUT2D eigenvalue weighted by Crippen LogP contribution is -2.52. The highest BCUT2D eigenvalue weighted by Crippen LogP contribution is 2.35. The van der Waals surface area contributed by atoms with Crippen LogP contribution in [0.25, 0.3) is 0 Å². The van der Waals surface area contributed by atoms with Crippen molar-refractivity contribution in [1.82, 2.24) is 10.2 Å². The summed E-state index contributed by atoms with van der Waals surface area (Å²) in [6, 6.07) is 17.5. The second-order valence-corrected chi connectivity index (χ2v) is 12.4. The Morgan fingerprint density at radius 2 is 1.54 bits per heavy atom. The summed E-state index contributed by atoms with van der Waals surface area (Å²) in [5.41, 5.74) is 2.74. The van der Waals surface area contributed by atoms with E-state index < -0.39 is 28.5 Å². The average molecular weight is 591 g/mol. The van der Waals surface area contributed by atoms with Crippen LogP contribution in [0.4, 0.5) is 5.69 Å². The molecule has 0 aliphatic rings. The third kappa shape index (κ3) is 7.53. The van der Waals surface area contributed by atoms with Crippen molar-refractivity contribution < 1.29 is 18.0 Å². The normalized spacial score (nSPS) is 12.2. The highest BCUT2D eigenvalue weighted by molar-refractivity contribution is 7.92. The van der Waals surface area contributed by atoms with E-state index in [9.17, 15) is 18.0 Å². The van der Waals surface area contributed by atoms with Gasteiger partial charge in [0.2, 0.25) is 11.8 Å². The van der Waals surface area contributed by atoms with Gasteiger partial charge < -0.3 is 10.2 Å². The van der Waals surface area contributed by atoms with Crippen molar-refractivity contribution in [3.63, 3.8) is 0 Å². The molecule has 0 spiro atoms. The summed E-state index contributed by atoms with van der Waals surface area (Å²) in [7, 11) is -4.24. The predicted octanol–water partition coefficient (Wildman–Crippen LogP) is 5.75. The number of rotatable bonds is 10. The number of hydrogen-bond acceptors (Lipinski definition) is 4. The van der Waals surface area contributed by atoms with Crippen molar-refractivity contribution in [3.8, 4) is 0 Å². The van der Waals surface area contributed by atoms with Gasteiger partial charge in [-0.05, 0) is 64.4 Å². The molecule has 0 aromatic heterocycles. The molecular weight excluding hydrogens is 557 g/mol. The predicted molar refractivity (Wildman–Crippen MR) is 157 cm³/mol. The number of carbonyl (C=O) groups excluding carboxylic acids is 2. The van der Waals surface area contributed by atoms with E-state index in [1.165, 1.54) is 29.2 Å². The van der Waals surface area contributed by atoms with E-state index in [0.717, 1.165) is 21.0 Å². The molecule has 0 saturated carbocycles. The number of amides is 2. The number of carbonyl (C=O) groups is 2. The number of nitrogens with zero attached hydrogens (tertiary/aromatic N) is 2. The molecule has 208 valence electrons. The quantitative estimate of drug-likeness (QED) is 0.326. The summed E-state index contributed by atoms with van der Waals surface area (Å²) >= 11 is 12.7. The first kappa shape index (κ1) is 30.5. The molecule has 1 atom stereocenters. The number of anilines is 1. The van der Waals surface area contributed by atoms with Gasteiger partial charge in [0.1, 0.15) is 12.6 Å². The Kier molecular flexibility index (Phi) is 10.0. The van der Waals surface area contributed by atoms with Crippen molar-refractivity contribution in [2.24, 2.45) is 0 Å². The summed E-state index contributed by atoms with van der Waals surface area (Å²) in [6.45, 7) is 8.56. The van der Waals surface area contributed by atoms with Crippen molar-refractivity contribution in [2.75, 3.05) is 10.8 Å². The van der Waals surface area contributed by atoms with Gasteiger partial charge in [-0.1, -0.05) is 76.8 Å². The lowest BCUT2D eigenvalue weighted by molar-refractivity contribution is -0.139. The van der Waals surface area contributed by atoms with Gasteiger partial charge in [0, 0.05) is 12.6 Å². The van der Waals surface area contributed by atoms with Crippen LogP contribution in [0.1, 0.15) is 37.5 Å². The van der Waals surface area contributed by atoms with Crippen LogP contribution in [0.5, 0.6) is 0 Å². The Balaban J connectivity index is 2.08. The fourth-order valence-electron chi connectivity index (χ4n) is 4.03. The molecule has 2 amide bonds. The number of nitrogens with one attached hydrogen (secondary N) is 1. The van der Waals surface area contributed by atoms with Gasteiger partial charge in [0.15, 0.2) is 0 Å². The Bertz CT molecular complexity index is 1440. The van der Waals surface area contributed by atoms with E-state index in [4.69, 9.17) is 23.2 Å². The summed E-state index contributed by atoms with van der Waals surface area (Å²) in [6.07, 6.45) is 0. The molecule has 39 heavy (non-hydrogen) atoms. The smallest absolute Gasteiger partial charge is 0.264 e. The average Bonchev–Trinajstić information content (AvgIpc) is 2.87. The molecule has 0 aliphatic heterocycles. The van der Waals surface area contributed by atoms with Gasteiger partial charge in [-0.15, -0.1) is 0 Å². The van der Waals surface area contributed by atoms with Crippen LogP contribution in [0.2, 0.25) is 10.0 Å². The molecule has 0 saturated heterocycles. The monoisotopic (exact) mass is 589 g/mol. The zero-order chi connectivity index (χ0) is 28.9. The second-order valence-electron chi connectivity index (χ2n) is 9.75. The first-order chi connectivity index (χ1) is 18.3. The fraction of sp³-hybridized carbons (Fsp3) is 0.310. The van der Waals surface area contributed by atoms with E-state index >= 15 is 0 Å². The van der Waals surface area contributed by atoms with E-state index in [-0.39, 0.29) is 39.1 Å². The molecule has 7 nitrogen and oxygen atoms in total. The summed E-state index contributed by atoms with van der Waals surface area (Å²) in [5, 5.41) is 2.98. The molecule has 10 heteroatoms. The Hall–Kier alpha value is -3.07. The number of sulfonamides is 1. The van der Waals surface area contributed by atoms with Crippen molar-refractivity contribution in [1.29, 1.82) is 0 Å². The van der Waals surface area contributed by atoms with Gasteiger partial charge in [-0.2, -0.15) is 0 Å². The maximum absolute atomic E-state index is 13.9. The van der Waals surface area contributed by atoms with Crippen LogP contribution >= 0.6 is 23.2 Å². The summed E-state index contributed by atoms with van der Waals surface area (Å²) in [4.78, 5) is 28.3. The number of hydrogen-bond donors (Lipinski definition) is 1. The van der Waals surface area contributed by atoms with Gasteiger partial charge >= 0.3 is 0 Å². The minimum atomic E-state index is -4.24. The third-order valence-electron chi connectivity index (χ3n) is 6.12. The van der Waals surface area contributed by atoms with Gasteiger partial charge in [-0.25, -0.2) is 8.42 Å². The highest BCUT2D eigenvalue weighted by Gasteiger charge is 2.33. The third-order valence-corrected chi connectivity index (χ3v) is 8.70. The number of benzene rings is 3. The lowest BCUT2D eigenvalue weighted by atomic mass is 10.1. The fourth-order valence-corrected chi connectivity index (χ4v) is 5.90. The molecule has 3 aromatic rings. The molecule has 3 rings (SSSR count). The number of halogens is 2. The molecule has 0 radical (unpaired) electrons. The zero-order valence-corrected chi connectivity index (χ0v) is 24.9. The maximum atomic E-state index is 13.9. The molecule has 1 N–H and O–H groups in total. The first-order valence-electron chi connectivity index (χ1n) is 12.5. The standard InChI is InChI=1S/C29H33Cl2N3O4S/c1-19(2)32-29(36)22(5)33(17-23-9-6-8-21(4)16-23)27(35)18-34(26-11-7-10-25(30)28(26)31)39(37,38)24-14-12-20(3)13-15-24/h6-16,19,22H,17-18H2,1-5H3,(H,32,36). The minimum absolute atomic E-state index is 0.00140. The minimum Gasteiger partial charge on any atom is -0.352 e. The molecule has 0 bridgehead atoms. The van der Waals surface area contributed by atoms with Crippen LogP contribution < -0.4 is 9.62 Å². The van der Waals surface area contributed by atoms with Crippen molar-refractivity contribution in [2.45, 2.75) is 58.1 Å². The maximum Gasteiger partial charge on any atom is 0.264 e. The van der Waals surface area contributed by atoms with Crippen LogP contribution in [-0.4, -0.2) is 43.8 Å². The number of aryl methyl sites for hydroxylation is 2. The molecule has 0 fully saturated rings. The molecule has 0 aliphatic carbocycles. The molecule has 3 aromatic carbocycles. The molecule has 0 heterocycles. The SMILES string of the molecule is Cc1ccc(S(=O)(=O)N(CC(=O)N(Cc2cccc(C)c2)C(C)C(=O)NC(C)C)c2cccc(Cl)c2Cl)cc1. The van der Waals surface area contributed by atoms with Crippen LogP contribution in [0, 0.1) is 13.8 Å². The van der Waals surface area contributed by atoms with E-state index in [0.29, 0.717) is 0 Å². The topological polar surface area (TPSA) is 86.8 Å². The summed E-state index contributed by atoms with van der Waals surface area (Å²) in [5.74, 6) is -0.922. The largest absolute Gasteiger partial charge is 0.352 e. The van der Waals surface area contributed by atoms with E-state index in [2.05, 4.69) is 5.32 Å². The van der Waals surface area contributed by atoms with Crippen LogP contribution in [0.3, 0.4) is 0 Å². The Labute approximate surface area is 240 Å². The Morgan fingerprint density at radius 3 is 2.15 bits per heavy atom. The van der Waals surface area contributed by atoms with Crippen molar-refractivity contribution in [3.05, 3.63) is 93.5 Å². The van der Waals surface area contributed by atoms with Crippen LogP contribution in [0.15, 0.2) is 71.6 Å². The van der Waals surface area contributed by atoms with E-state index in [1.807, 2.05) is 52.0 Å². The molecule has 1 unspecified atom stereocenters. The highest BCUT2D eigenvalue weighted by atomic mass is 35.5. The zero-order valence-electron chi connectivity index (χ0n) is 22.6. The van der Waals surface area contributed by atoms with Crippen LogP contribution in [-0.2, 0) is 26.2 Å². The lowest BCUT2D eigenvalue weighted by Gasteiger charge is -2.32. The van der Waals surface area contributed by atoms with E-state index in [1.54, 1.807) is 25.1 Å². The second kappa shape index (κ2) is 12.9.